The Balaban J connectivity index is 0.00000196. The second-order valence-corrected chi connectivity index (χ2v) is 7.10. The van der Waals surface area contributed by atoms with Gasteiger partial charge in [0.25, 0.3) is 5.91 Å². The summed E-state index contributed by atoms with van der Waals surface area (Å²) in [5.74, 6) is -0.502. The van der Waals surface area contributed by atoms with Gasteiger partial charge in [0.05, 0.1) is 0 Å². The zero-order chi connectivity index (χ0) is 17.6. The number of amides is 4. The van der Waals surface area contributed by atoms with Gasteiger partial charge in [-0.25, -0.2) is 4.79 Å². The number of carbonyl (C=O) groups is 3. The van der Waals surface area contributed by atoms with E-state index in [-0.39, 0.29) is 30.8 Å². The number of nitrogens with one attached hydrogen (secondary N) is 1. The zero-order valence-corrected chi connectivity index (χ0v) is 15.3. The largest absolute Gasteiger partial charge is 0.398 e. The molecule has 2 fully saturated rings. The molecule has 1 saturated heterocycles. The molecule has 2 heterocycles. The Morgan fingerprint density at radius 1 is 1.19 bits per heavy atom. The highest BCUT2D eigenvalue weighted by atomic mass is 35.5. The molecule has 2 aliphatic heterocycles. The summed E-state index contributed by atoms with van der Waals surface area (Å²) in [7, 11) is 0. The van der Waals surface area contributed by atoms with Crippen LogP contribution in [-0.4, -0.2) is 41.4 Å². The number of fused-ring (bicyclic) bond motifs is 1. The molecule has 7 nitrogen and oxygen atoms in total. The quantitative estimate of drug-likeness (QED) is 0.606. The van der Waals surface area contributed by atoms with E-state index in [1.807, 2.05) is 18.2 Å². The summed E-state index contributed by atoms with van der Waals surface area (Å²) in [5.41, 5.74) is 7.68. The fraction of sp³-hybridized carbons (Fsp3) is 0.500. The molecule has 3 N–H and O–H groups in total. The lowest BCUT2D eigenvalue weighted by Gasteiger charge is -2.31. The molecule has 1 aliphatic carbocycles. The first-order chi connectivity index (χ1) is 12.0. The molecule has 0 bridgehead atoms. The highest BCUT2D eigenvalue weighted by molar-refractivity contribution is 6.10. The van der Waals surface area contributed by atoms with E-state index in [9.17, 15) is 14.4 Å². The molecule has 8 heteroatoms. The summed E-state index contributed by atoms with van der Waals surface area (Å²) in [6.07, 6.45) is 4.81. The van der Waals surface area contributed by atoms with Crippen molar-refractivity contribution in [1.82, 2.24) is 10.2 Å². The molecule has 26 heavy (non-hydrogen) atoms. The Hall–Kier alpha value is -2.28. The average molecular weight is 379 g/mol. The first-order valence-corrected chi connectivity index (χ1v) is 8.84. The van der Waals surface area contributed by atoms with Crippen molar-refractivity contribution in [2.24, 2.45) is 0 Å². The maximum atomic E-state index is 12.8. The number of anilines is 2. The van der Waals surface area contributed by atoms with Crippen LogP contribution in [0.1, 0.15) is 37.7 Å². The SMILES string of the molecule is Cl.Nc1cccc2c1CCCN2C(=O)CN1C(=O)NC2(CCCC2)C1=O. The first-order valence-electron chi connectivity index (χ1n) is 8.84. The van der Waals surface area contributed by atoms with E-state index in [0.717, 1.165) is 41.8 Å². The maximum Gasteiger partial charge on any atom is 0.325 e. The van der Waals surface area contributed by atoms with Crippen molar-refractivity contribution in [3.63, 3.8) is 0 Å². The number of nitrogen functional groups attached to an aromatic ring is 1. The number of hydrogen-bond acceptors (Lipinski definition) is 4. The third-order valence-corrected chi connectivity index (χ3v) is 5.58. The van der Waals surface area contributed by atoms with Gasteiger partial charge in [-0.15, -0.1) is 12.4 Å². The number of benzene rings is 1. The topological polar surface area (TPSA) is 95.7 Å². The van der Waals surface area contributed by atoms with Crippen molar-refractivity contribution in [2.75, 3.05) is 23.7 Å². The van der Waals surface area contributed by atoms with E-state index in [1.165, 1.54) is 0 Å². The number of halogens is 1. The first kappa shape index (κ1) is 18.5. The van der Waals surface area contributed by atoms with Crippen molar-refractivity contribution in [2.45, 2.75) is 44.1 Å². The predicted molar refractivity (Wildman–Crippen MR) is 100 cm³/mol. The molecule has 1 aromatic rings. The molecule has 1 saturated carbocycles. The smallest absolute Gasteiger partial charge is 0.325 e. The van der Waals surface area contributed by atoms with Crippen molar-refractivity contribution in [1.29, 1.82) is 0 Å². The predicted octanol–water partition coefficient (Wildman–Crippen LogP) is 1.83. The lowest BCUT2D eigenvalue weighted by atomic mass is 9.98. The van der Waals surface area contributed by atoms with Crippen LogP contribution in [0.4, 0.5) is 16.2 Å². The number of rotatable bonds is 2. The molecule has 0 atom stereocenters. The van der Waals surface area contributed by atoms with Gasteiger partial charge in [0.2, 0.25) is 5.91 Å². The van der Waals surface area contributed by atoms with Gasteiger partial charge in [-0.3, -0.25) is 14.5 Å². The van der Waals surface area contributed by atoms with Crippen molar-refractivity contribution < 1.29 is 14.4 Å². The van der Waals surface area contributed by atoms with Gasteiger partial charge in [-0.05, 0) is 43.4 Å². The fourth-order valence-corrected chi connectivity index (χ4v) is 4.27. The molecule has 1 spiro atoms. The lowest BCUT2D eigenvalue weighted by Crippen LogP contribution is -2.47. The summed E-state index contributed by atoms with van der Waals surface area (Å²) in [6, 6.07) is 5.06. The molecule has 1 aromatic carbocycles. The zero-order valence-electron chi connectivity index (χ0n) is 14.5. The van der Waals surface area contributed by atoms with Crippen molar-refractivity contribution in [3.05, 3.63) is 23.8 Å². The molecule has 4 amide bonds. The van der Waals surface area contributed by atoms with Gasteiger partial charge >= 0.3 is 6.03 Å². The van der Waals surface area contributed by atoms with Gasteiger partial charge in [0.1, 0.15) is 12.1 Å². The minimum Gasteiger partial charge on any atom is -0.398 e. The van der Waals surface area contributed by atoms with Crippen LogP contribution >= 0.6 is 12.4 Å². The average Bonchev–Trinajstić information content (AvgIpc) is 3.16. The van der Waals surface area contributed by atoms with Crippen LogP contribution < -0.4 is 16.0 Å². The van der Waals surface area contributed by atoms with Crippen molar-refractivity contribution in [3.8, 4) is 0 Å². The summed E-state index contributed by atoms with van der Waals surface area (Å²) in [5, 5.41) is 2.81. The Morgan fingerprint density at radius 3 is 2.65 bits per heavy atom. The molecule has 0 radical (unpaired) electrons. The number of carbonyl (C=O) groups excluding carboxylic acids is 3. The Bertz CT molecular complexity index is 761. The number of hydrogen-bond donors (Lipinski definition) is 2. The van der Waals surface area contributed by atoms with Gasteiger partial charge in [0, 0.05) is 17.9 Å². The van der Waals surface area contributed by atoms with E-state index in [1.54, 1.807) is 4.90 Å². The van der Waals surface area contributed by atoms with E-state index >= 15 is 0 Å². The highest BCUT2D eigenvalue weighted by Gasteiger charge is 2.52. The number of nitrogens with zero attached hydrogens (tertiary/aromatic N) is 2. The van der Waals surface area contributed by atoms with Crippen molar-refractivity contribution >= 4 is 41.6 Å². The minimum atomic E-state index is -0.776. The minimum absolute atomic E-state index is 0. The number of imide groups is 1. The van der Waals surface area contributed by atoms with Gasteiger partial charge in [-0.1, -0.05) is 18.9 Å². The van der Waals surface area contributed by atoms with Gasteiger partial charge in [-0.2, -0.15) is 0 Å². The molecule has 4 rings (SSSR count). The van der Waals surface area contributed by atoms with Crippen LogP contribution in [0.2, 0.25) is 0 Å². The van der Waals surface area contributed by atoms with Crippen LogP contribution in [0.3, 0.4) is 0 Å². The van der Waals surface area contributed by atoms with Crippen LogP contribution in [0.25, 0.3) is 0 Å². The standard InChI is InChI=1S/C18H22N4O3.ClH/c19-13-6-3-7-14-12(13)5-4-10-21(14)15(23)11-22-16(24)18(20-17(22)25)8-1-2-9-18;/h3,6-7H,1-2,4-5,8-11,19H2,(H,20,25);1H. The van der Waals surface area contributed by atoms with Crippen LogP contribution in [0.5, 0.6) is 0 Å². The Labute approximate surface area is 158 Å². The molecular formula is C18H23ClN4O3. The number of urea groups is 1. The molecule has 3 aliphatic rings. The molecule has 0 aromatic heterocycles. The summed E-state index contributed by atoms with van der Waals surface area (Å²) in [4.78, 5) is 40.5. The van der Waals surface area contributed by atoms with Crippen LogP contribution in [0.15, 0.2) is 18.2 Å². The summed E-state index contributed by atoms with van der Waals surface area (Å²) in [6.45, 7) is 0.352. The third-order valence-electron chi connectivity index (χ3n) is 5.58. The molecule has 0 unspecified atom stereocenters. The van der Waals surface area contributed by atoms with E-state index in [0.29, 0.717) is 25.1 Å². The fourth-order valence-electron chi connectivity index (χ4n) is 4.27. The highest BCUT2D eigenvalue weighted by Crippen LogP contribution is 2.35. The molecular weight excluding hydrogens is 356 g/mol. The normalized spacial score (nSPS) is 20.8. The Morgan fingerprint density at radius 2 is 1.92 bits per heavy atom. The Kier molecular flexibility index (Phi) is 4.84. The van der Waals surface area contributed by atoms with E-state index in [4.69, 9.17) is 5.73 Å². The summed E-state index contributed by atoms with van der Waals surface area (Å²) < 4.78 is 0. The van der Waals surface area contributed by atoms with Gasteiger partial charge in [0.15, 0.2) is 0 Å². The van der Waals surface area contributed by atoms with Gasteiger partial charge < -0.3 is 16.0 Å². The second kappa shape index (κ2) is 6.79. The third kappa shape index (κ3) is 2.80. The second-order valence-electron chi connectivity index (χ2n) is 7.10. The van der Waals surface area contributed by atoms with E-state index < -0.39 is 11.6 Å². The van der Waals surface area contributed by atoms with Crippen LogP contribution in [0, 0.1) is 0 Å². The maximum absolute atomic E-state index is 12.8. The molecule has 140 valence electrons. The van der Waals surface area contributed by atoms with E-state index in [2.05, 4.69) is 5.32 Å². The lowest BCUT2D eigenvalue weighted by molar-refractivity contribution is -0.134. The van der Waals surface area contributed by atoms with Crippen LogP contribution in [-0.2, 0) is 16.0 Å². The summed E-state index contributed by atoms with van der Waals surface area (Å²) >= 11 is 0. The number of nitrogens with two attached hydrogens (primary N) is 1. The monoisotopic (exact) mass is 378 g/mol.